The van der Waals surface area contributed by atoms with E-state index < -0.39 is 0 Å². The van der Waals surface area contributed by atoms with Gasteiger partial charge >= 0.3 is 0 Å². The molecule has 1 atom stereocenters. The van der Waals surface area contributed by atoms with Gasteiger partial charge in [-0.3, -0.25) is 0 Å². The van der Waals surface area contributed by atoms with Gasteiger partial charge in [-0.15, -0.1) is 0 Å². The molecule has 2 N–H and O–H groups in total. The second kappa shape index (κ2) is 5.14. The summed E-state index contributed by atoms with van der Waals surface area (Å²) in [7, 11) is 0. The SMILES string of the molecule is Oc1cccc(COCC2CCCN2)c1. The Morgan fingerprint density at radius 3 is 3.13 bits per heavy atom. The van der Waals surface area contributed by atoms with Crippen LogP contribution in [0.25, 0.3) is 0 Å². The first-order chi connectivity index (χ1) is 7.34. The summed E-state index contributed by atoms with van der Waals surface area (Å²) in [5.74, 6) is 0.301. The second-order valence-electron chi connectivity index (χ2n) is 3.98. The smallest absolute Gasteiger partial charge is 0.115 e. The lowest BCUT2D eigenvalue weighted by atomic mass is 10.2. The summed E-state index contributed by atoms with van der Waals surface area (Å²) >= 11 is 0. The first-order valence-corrected chi connectivity index (χ1v) is 5.43. The van der Waals surface area contributed by atoms with Crippen molar-refractivity contribution in [2.75, 3.05) is 13.2 Å². The molecule has 82 valence electrons. The summed E-state index contributed by atoms with van der Waals surface area (Å²) in [6.07, 6.45) is 2.46. The Morgan fingerprint density at radius 1 is 1.47 bits per heavy atom. The average Bonchev–Trinajstić information content (AvgIpc) is 2.71. The van der Waals surface area contributed by atoms with E-state index in [2.05, 4.69) is 5.32 Å². The molecule has 2 rings (SSSR count). The Balaban J connectivity index is 1.73. The zero-order valence-corrected chi connectivity index (χ0v) is 8.78. The molecule has 1 unspecified atom stereocenters. The highest BCUT2D eigenvalue weighted by Crippen LogP contribution is 2.12. The molecule has 0 saturated carbocycles. The van der Waals surface area contributed by atoms with Crippen LogP contribution in [0.5, 0.6) is 5.75 Å². The molecule has 0 radical (unpaired) electrons. The highest BCUT2D eigenvalue weighted by molar-refractivity contribution is 5.26. The van der Waals surface area contributed by atoms with Gasteiger partial charge in [0.1, 0.15) is 5.75 Å². The number of phenolic OH excluding ortho intramolecular Hbond substituents is 1. The summed E-state index contributed by atoms with van der Waals surface area (Å²) in [4.78, 5) is 0. The number of hydrogen-bond donors (Lipinski definition) is 2. The van der Waals surface area contributed by atoms with Gasteiger partial charge in [0.2, 0.25) is 0 Å². The van der Waals surface area contributed by atoms with Crippen molar-refractivity contribution in [2.45, 2.75) is 25.5 Å². The maximum Gasteiger partial charge on any atom is 0.115 e. The zero-order valence-electron chi connectivity index (χ0n) is 8.78. The Kier molecular flexibility index (Phi) is 3.59. The van der Waals surface area contributed by atoms with E-state index in [1.807, 2.05) is 12.1 Å². The highest BCUT2D eigenvalue weighted by Gasteiger charge is 2.13. The first kappa shape index (κ1) is 10.5. The van der Waals surface area contributed by atoms with Crippen LogP contribution in [0.2, 0.25) is 0 Å². The van der Waals surface area contributed by atoms with Gasteiger partial charge in [0.25, 0.3) is 0 Å². The van der Waals surface area contributed by atoms with Crippen molar-refractivity contribution in [2.24, 2.45) is 0 Å². The van der Waals surface area contributed by atoms with Crippen LogP contribution in [0, 0.1) is 0 Å². The van der Waals surface area contributed by atoms with Crippen LogP contribution in [-0.2, 0) is 11.3 Å². The summed E-state index contributed by atoms with van der Waals surface area (Å²) in [5, 5.41) is 12.6. The van der Waals surface area contributed by atoms with Gasteiger partial charge in [-0.2, -0.15) is 0 Å². The molecule has 0 amide bonds. The fourth-order valence-electron chi connectivity index (χ4n) is 1.86. The zero-order chi connectivity index (χ0) is 10.5. The Hall–Kier alpha value is -1.06. The lowest BCUT2D eigenvalue weighted by molar-refractivity contribution is 0.103. The molecular formula is C12H17NO2. The van der Waals surface area contributed by atoms with E-state index in [4.69, 9.17) is 4.74 Å². The molecule has 0 aliphatic carbocycles. The lowest BCUT2D eigenvalue weighted by Gasteiger charge is -2.10. The van der Waals surface area contributed by atoms with E-state index in [0.717, 1.165) is 18.7 Å². The van der Waals surface area contributed by atoms with Gasteiger partial charge in [-0.25, -0.2) is 0 Å². The molecule has 3 nitrogen and oxygen atoms in total. The van der Waals surface area contributed by atoms with Crippen LogP contribution >= 0.6 is 0 Å². The van der Waals surface area contributed by atoms with E-state index >= 15 is 0 Å². The van der Waals surface area contributed by atoms with Crippen LogP contribution in [-0.4, -0.2) is 24.3 Å². The molecule has 3 heteroatoms. The van der Waals surface area contributed by atoms with E-state index in [0.29, 0.717) is 18.4 Å². The molecule has 1 aromatic carbocycles. The molecule has 15 heavy (non-hydrogen) atoms. The summed E-state index contributed by atoms with van der Waals surface area (Å²) in [5.41, 5.74) is 1.02. The molecule has 0 spiro atoms. The minimum Gasteiger partial charge on any atom is -0.508 e. The van der Waals surface area contributed by atoms with Crippen LogP contribution in [0.15, 0.2) is 24.3 Å². The molecule has 0 aromatic heterocycles. The van der Waals surface area contributed by atoms with E-state index in [1.165, 1.54) is 12.8 Å². The predicted molar refractivity (Wildman–Crippen MR) is 58.8 cm³/mol. The fraction of sp³-hybridized carbons (Fsp3) is 0.500. The van der Waals surface area contributed by atoms with Crippen LogP contribution in [0.1, 0.15) is 18.4 Å². The molecule has 1 saturated heterocycles. The van der Waals surface area contributed by atoms with E-state index in [9.17, 15) is 5.11 Å². The Labute approximate surface area is 90.1 Å². The van der Waals surface area contributed by atoms with Gasteiger partial charge < -0.3 is 15.2 Å². The maximum atomic E-state index is 9.26. The summed E-state index contributed by atoms with van der Waals surface area (Å²) in [6.45, 7) is 2.45. The molecule has 1 aliphatic heterocycles. The predicted octanol–water partition coefficient (Wildman–Crippen LogP) is 1.66. The quantitative estimate of drug-likeness (QED) is 0.789. The third-order valence-corrected chi connectivity index (χ3v) is 2.66. The van der Waals surface area contributed by atoms with Crippen molar-refractivity contribution in [3.05, 3.63) is 29.8 Å². The molecular weight excluding hydrogens is 190 g/mol. The van der Waals surface area contributed by atoms with Gasteiger partial charge in [0.15, 0.2) is 0 Å². The highest BCUT2D eigenvalue weighted by atomic mass is 16.5. The van der Waals surface area contributed by atoms with E-state index in [-0.39, 0.29) is 0 Å². The number of ether oxygens (including phenoxy) is 1. The Morgan fingerprint density at radius 2 is 2.40 bits per heavy atom. The molecule has 0 bridgehead atoms. The fourth-order valence-corrected chi connectivity index (χ4v) is 1.86. The number of rotatable bonds is 4. The van der Waals surface area contributed by atoms with Gasteiger partial charge in [0.05, 0.1) is 13.2 Å². The number of hydrogen-bond acceptors (Lipinski definition) is 3. The normalized spacial score (nSPS) is 20.7. The topological polar surface area (TPSA) is 41.5 Å². The maximum absolute atomic E-state index is 9.26. The van der Waals surface area contributed by atoms with Crippen LogP contribution in [0.4, 0.5) is 0 Å². The van der Waals surface area contributed by atoms with E-state index in [1.54, 1.807) is 12.1 Å². The Bertz CT molecular complexity index is 308. The summed E-state index contributed by atoms with van der Waals surface area (Å²) in [6, 6.07) is 7.72. The minimum absolute atomic E-state index is 0.301. The van der Waals surface area contributed by atoms with Gasteiger partial charge in [-0.1, -0.05) is 12.1 Å². The number of phenols is 1. The van der Waals surface area contributed by atoms with Crippen molar-refractivity contribution >= 4 is 0 Å². The van der Waals surface area contributed by atoms with Crippen LogP contribution in [0.3, 0.4) is 0 Å². The molecule has 1 heterocycles. The lowest BCUT2D eigenvalue weighted by Crippen LogP contribution is -2.26. The van der Waals surface area contributed by atoms with Crippen molar-refractivity contribution in [3.8, 4) is 5.75 Å². The van der Waals surface area contributed by atoms with Crippen LogP contribution < -0.4 is 5.32 Å². The van der Waals surface area contributed by atoms with Crippen molar-refractivity contribution < 1.29 is 9.84 Å². The molecule has 1 aromatic rings. The number of benzene rings is 1. The third-order valence-electron chi connectivity index (χ3n) is 2.66. The number of aromatic hydroxyl groups is 1. The monoisotopic (exact) mass is 207 g/mol. The van der Waals surface area contributed by atoms with Crippen molar-refractivity contribution in [3.63, 3.8) is 0 Å². The standard InChI is InChI=1S/C12H17NO2/c14-12-5-1-3-10(7-12)8-15-9-11-4-2-6-13-11/h1,3,5,7,11,13-14H,2,4,6,8-9H2. The van der Waals surface area contributed by atoms with Crippen molar-refractivity contribution in [1.29, 1.82) is 0 Å². The first-order valence-electron chi connectivity index (χ1n) is 5.43. The third kappa shape index (κ3) is 3.22. The van der Waals surface area contributed by atoms with Gasteiger partial charge in [0, 0.05) is 6.04 Å². The molecule has 1 aliphatic rings. The minimum atomic E-state index is 0.301. The average molecular weight is 207 g/mol. The van der Waals surface area contributed by atoms with Crippen molar-refractivity contribution in [1.82, 2.24) is 5.32 Å². The molecule has 1 fully saturated rings. The van der Waals surface area contributed by atoms with Gasteiger partial charge in [-0.05, 0) is 37.1 Å². The second-order valence-corrected chi connectivity index (χ2v) is 3.98. The number of nitrogens with one attached hydrogen (secondary N) is 1. The summed E-state index contributed by atoms with van der Waals surface area (Å²) < 4.78 is 5.58. The largest absolute Gasteiger partial charge is 0.508 e.